The van der Waals surface area contributed by atoms with Gasteiger partial charge in [-0.15, -0.1) is 23.5 Å². The average Bonchev–Trinajstić information content (AvgIpc) is 2.31. The lowest BCUT2D eigenvalue weighted by Gasteiger charge is -2.13. The third-order valence-corrected chi connectivity index (χ3v) is 7.75. The smallest absolute Gasteiger partial charge is 0.0275 e. The summed E-state index contributed by atoms with van der Waals surface area (Å²) < 4.78 is 0. The van der Waals surface area contributed by atoms with E-state index in [-0.39, 0.29) is 0 Å². The fourth-order valence-corrected chi connectivity index (χ4v) is 6.48. The monoisotopic (exact) mass is 330 g/mol. The Morgan fingerprint density at radius 3 is 1.50 bits per heavy atom. The molecule has 0 aromatic rings. The normalized spacial score (nSPS) is 14.4. The number of hydrogen-bond donors (Lipinski definition) is 2. The predicted molar refractivity (Wildman–Crippen MR) is 95.8 cm³/mol. The van der Waals surface area contributed by atoms with E-state index < -0.39 is 0 Å². The minimum atomic E-state index is 0.569. The van der Waals surface area contributed by atoms with Gasteiger partial charge in [0, 0.05) is 33.5 Å². The van der Waals surface area contributed by atoms with Gasteiger partial charge in [-0.3, -0.25) is 0 Å². The molecule has 94 valence electrons. The van der Waals surface area contributed by atoms with Crippen LogP contribution in [0.5, 0.6) is 0 Å². The van der Waals surface area contributed by atoms with Gasteiger partial charge < -0.3 is 0 Å². The van der Waals surface area contributed by atoms with Crippen LogP contribution in [0.1, 0.15) is 0 Å². The fourth-order valence-electron chi connectivity index (χ4n) is 0.790. The lowest BCUT2D eigenvalue weighted by Crippen LogP contribution is -2.08. The van der Waals surface area contributed by atoms with Crippen LogP contribution in [-0.4, -0.2) is 33.5 Å². The van der Waals surface area contributed by atoms with Crippen molar-refractivity contribution in [2.45, 2.75) is 10.5 Å². The van der Waals surface area contributed by atoms with Gasteiger partial charge in [0.05, 0.1) is 0 Å². The molecule has 0 aliphatic heterocycles. The summed E-state index contributed by atoms with van der Waals surface area (Å²) in [6, 6.07) is 0. The zero-order chi connectivity index (χ0) is 12.2. The minimum absolute atomic E-state index is 0.569. The fraction of sp³-hybridized carbons (Fsp3) is 0.600. The van der Waals surface area contributed by atoms with Gasteiger partial charge in [0.25, 0.3) is 0 Å². The molecule has 0 saturated heterocycles. The molecule has 0 bridgehead atoms. The van der Waals surface area contributed by atoms with Crippen LogP contribution in [0.2, 0.25) is 0 Å². The zero-order valence-electron chi connectivity index (χ0n) is 9.08. The van der Waals surface area contributed by atoms with Crippen molar-refractivity contribution in [3.63, 3.8) is 0 Å². The third-order valence-electron chi connectivity index (χ3n) is 1.58. The van der Waals surface area contributed by atoms with E-state index in [0.717, 1.165) is 23.0 Å². The van der Waals surface area contributed by atoms with Crippen molar-refractivity contribution in [2.75, 3.05) is 23.0 Å². The molecule has 6 heteroatoms. The number of thioether (sulfide) groups is 2. The summed E-state index contributed by atoms with van der Waals surface area (Å²) >= 11 is 12.2. The van der Waals surface area contributed by atoms with Crippen molar-refractivity contribution in [2.24, 2.45) is 0 Å². The topological polar surface area (TPSA) is 0 Å². The second-order valence-corrected chi connectivity index (χ2v) is 8.61. The summed E-state index contributed by atoms with van der Waals surface area (Å²) in [7, 11) is 3.83. The van der Waals surface area contributed by atoms with Crippen molar-refractivity contribution < 1.29 is 0 Å². The summed E-state index contributed by atoms with van der Waals surface area (Å²) in [6.07, 6.45) is 0. The van der Waals surface area contributed by atoms with Gasteiger partial charge in [-0.25, -0.2) is 0 Å². The average molecular weight is 331 g/mol. The summed E-state index contributed by atoms with van der Waals surface area (Å²) in [5.74, 6) is 4.04. The molecule has 0 saturated carbocycles. The molecule has 0 rings (SSSR count). The van der Waals surface area contributed by atoms with Crippen LogP contribution in [0.3, 0.4) is 0 Å². The molecule has 0 fully saturated rings. The lowest BCUT2D eigenvalue weighted by molar-refractivity contribution is 1.16. The SMILES string of the molecule is C=CSC(CS)CSSCC(CS)SC=C. The Balaban J connectivity index is 3.55. The number of hydrogen-bond acceptors (Lipinski definition) is 6. The predicted octanol–water partition coefficient (Wildman–Crippen LogP) is 4.72. The molecule has 0 aromatic heterocycles. The van der Waals surface area contributed by atoms with E-state index in [2.05, 4.69) is 38.4 Å². The Labute approximate surface area is 127 Å². The van der Waals surface area contributed by atoms with Crippen molar-refractivity contribution in [3.8, 4) is 0 Å². The highest BCUT2D eigenvalue weighted by atomic mass is 33.1. The summed E-state index contributed by atoms with van der Waals surface area (Å²) in [6.45, 7) is 7.46. The van der Waals surface area contributed by atoms with Crippen LogP contribution in [-0.2, 0) is 0 Å². The van der Waals surface area contributed by atoms with Crippen molar-refractivity contribution in [1.29, 1.82) is 0 Å². The second kappa shape index (κ2) is 13.0. The van der Waals surface area contributed by atoms with E-state index in [9.17, 15) is 0 Å². The number of thiol groups is 2. The Morgan fingerprint density at radius 1 is 0.875 bits per heavy atom. The first kappa shape index (κ1) is 17.6. The van der Waals surface area contributed by atoms with Crippen molar-refractivity contribution >= 4 is 70.4 Å². The Bertz CT molecular complexity index is 164. The van der Waals surface area contributed by atoms with Gasteiger partial charge in [0.15, 0.2) is 0 Å². The molecule has 2 atom stereocenters. The van der Waals surface area contributed by atoms with Crippen LogP contribution in [0.25, 0.3) is 0 Å². The van der Waals surface area contributed by atoms with Gasteiger partial charge >= 0.3 is 0 Å². The second-order valence-electron chi connectivity index (χ2n) is 2.78. The van der Waals surface area contributed by atoms with Gasteiger partial charge in [-0.05, 0) is 10.8 Å². The Kier molecular flexibility index (Phi) is 14.3. The maximum absolute atomic E-state index is 4.32. The molecule has 16 heavy (non-hydrogen) atoms. The van der Waals surface area contributed by atoms with Crippen molar-refractivity contribution in [3.05, 3.63) is 24.0 Å². The van der Waals surface area contributed by atoms with Crippen LogP contribution in [0.15, 0.2) is 24.0 Å². The molecule has 0 radical (unpaired) electrons. The molecule has 0 heterocycles. The van der Waals surface area contributed by atoms with E-state index >= 15 is 0 Å². The standard InChI is InChI=1S/C10H18S6/c1-3-13-9(5-11)7-15-16-8-10(6-12)14-4-2/h3-4,9-12H,1-2,5-8H2. The van der Waals surface area contributed by atoms with Crippen LogP contribution >= 0.6 is 70.4 Å². The highest BCUT2D eigenvalue weighted by molar-refractivity contribution is 8.76. The maximum Gasteiger partial charge on any atom is 0.0275 e. The Morgan fingerprint density at radius 2 is 1.25 bits per heavy atom. The van der Waals surface area contributed by atoms with E-state index in [4.69, 9.17) is 0 Å². The van der Waals surface area contributed by atoms with E-state index in [1.807, 2.05) is 32.4 Å². The molecule has 0 nitrogen and oxygen atoms in total. The molecular formula is C10H18S6. The third kappa shape index (κ3) is 9.59. The van der Waals surface area contributed by atoms with Gasteiger partial charge in [-0.2, -0.15) is 25.3 Å². The largest absolute Gasteiger partial charge is 0.178 e. The van der Waals surface area contributed by atoms with Gasteiger partial charge in [-0.1, -0.05) is 34.7 Å². The van der Waals surface area contributed by atoms with E-state index in [0.29, 0.717) is 10.5 Å². The maximum atomic E-state index is 4.32. The summed E-state index contributed by atoms with van der Waals surface area (Å²) in [4.78, 5) is 0. The van der Waals surface area contributed by atoms with Crippen LogP contribution in [0, 0.1) is 0 Å². The van der Waals surface area contributed by atoms with Crippen LogP contribution in [0.4, 0.5) is 0 Å². The molecule has 0 aromatic carbocycles. The highest BCUT2D eigenvalue weighted by Gasteiger charge is 2.08. The molecule has 0 aliphatic carbocycles. The summed E-state index contributed by atoms with van der Waals surface area (Å²) in [5.41, 5.74) is 0. The Hall–Kier alpha value is 1.58. The minimum Gasteiger partial charge on any atom is -0.178 e. The number of rotatable bonds is 11. The van der Waals surface area contributed by atoms with Crippen LogP contribution < -0.4 is 0 Å². The molecular weight excluding hydrogens is 313 g/mol. The molecule has 0 spiro atoms. The quantitative estimate of drug-likeness (QED) is 0.319. The molecule has 0 N–H and O–H groups in total. The lowest BCUT2D eigenvalue weighted by atomic mass is 10.5. The summed E-state index contributed by atoms with van der Waals surface area (Å²) in [5, 5.41) is 4.94. The first-order valence-electron chi connectivity index (χ1n) is 4.77. The van der Waals surface area contributed by atoms with E-state index in [1.165, 1.54) is 0 Å². The first-order chi connectivity index (χ1) is 7.78. The first-order valence-corrected chi connectivity index (χ1v) is 10.4. The van der Waals surface area contributed by atoms with E-state index in [1.54, 1.807) is 23.5 Å². The van der Waals surface area contributed by atoms with Gasteiger partial charge in [0.2, 0.25) is 0 Å². The van der Waals surface area contributed by atoms with Crippen molar-refractivity contribution in [1.82, 2.24) is 0 Å². The molecule has 0 aliphatic rings. The zero-order valence-corrected chi connectivity index (χ0v) is 14.1. The highest BCUT2D eigenvalue weighted by Crippen LogP contribution is 2.30. The molecule has 2 unspecified atom stereocenters. The van der Waals surface area contributed by atoms with Gasteiger partial charge in [0.1, 0.15) is 0 Å². The molecule has 0 amide bonds.